The fourth-order valence-electron chi connectivity index (χ4n) is 4.47. The number of carbonyl (C=O) groups is 2. The molecule has 0 fully saturated rings. The number of ether oxygens (including phenoxy) is 2. The molecule has 8 heteroatoms. The summed E-state index contributed by atoms with van der Waals surface area (Å²) in [6, 6.07) is 20.1. The Morgan fingerprint density at radius 3 is 2.33 bits per heavy atom. The number of nitrogens with zero attached hydrogens (tertiary/aromatic N) is 1. The average molecular weight is 570 g/mol. The van der Waals surface area contributed by atoms with E-state index in [0.29, 0.717) is 47.6 Å². The van der Waals surface area contributed by atoms with E-state index in [4.69, 9.17) is 32.7 Å². The van der Waals surface area contributed by atoms with Crippen molar-refractivity contribution in [2.45, 2.75) is 58.2 Å². The van der Waals surface area contributed by atoms with Crippen molar-refractivity contribution in [1.82, 2.24) is 10.2 Å². The van der Waals surface area contributed by atoms with Crippen LogP contribution in [0.1, 0.15) is 43.4 Å². The van der Waals surface area contributed by atoms with Crippen molar-refractivity contribution < 1.29 is 19.1 Å². The summed E-state index contributed by atoms with van der Waals surface area (Å²) in [6.07, 6.45) is 1.90. The fourth-order valence-corrected chi connectivity index (χ4v) is 4.79. The van der Waals surface area contributed by atoms with Gasteiger partial charge in [0, 0.05) is 25.4 Å². The van der Waals surface area contributed by atoms with Gasteiger partial charge in [-0.3, -0.25) is 9.59 Å². The molecule has 2 unspecified atom stereocenters. The summed E-state index contributed by atoms with van der Waals surface area (Å²) in [7, 11) is 0. The van der Waals surface area contributed by atoms with Gasteiger partial charge < -0.3 is 19.7 Å². The minimum absolute atomic E-state index is 0.0181. The highest BCUT2D eigenvalue weighted by atomic mass is 35.5. The molecule has 0 aromatic heterocycles. The third-order valence-corrected chi connectivity index (χ3v) is 7.58. The zero-order chi connectivity index (χ0) is 27.8. The van der Waals surface area contributed by atoms with E-state index in [0.717, 1.165) is 23.1 Å². The summed E-state index contributed by atoms with van der Waals surface area (Å²) in [6.45, 7) is 5.23. The summed E-state index contributed by atoms with van der Waals surface area (Å²) in [5.74, 6) is 1.09. The zero-order valence-corrected chi connectivity index (χ0v) is 23.8. The van der Waals surface area contributed by atoms with Crippen LogP contribution in [0, 0.1) is 0 Å². The molecular formula is C31H34Cl2N2O4. The van der Waals surface area contributed by atoms with Crippen molar-refractivity contribution in [3.63, 3.8) is 0 Å². The number of fused-ring (bicyclic) bond motifs is 1. The number of nitrogens with one attached hydrogen (secondary N) is 1. The summed E-state index contributed by atoms with van der Waals surface area (Å²) in [4.78, 5) is 29.2. The quantitative estimate of drug-likeness (QED) is 0.297. The minimum Gasteiger partial charge on any atom is -0.486 e. The summed E-state index contributed by atoms with van der Waals surface area (Å²) >= 11 is 12.4. The Labute approximate surface area is 240 Å². The van der Waals surface area contributed by atoms with Crippen LogP contribution in [0.3, 0.4) is 0 Å². The van der Waals surface area contributed by atoms with Gasteiger partial charge in [0.15, 0.2) is 11.5 Å². The van der Waals surface area contributed by atoms with E-state index in [1.54, 1.807) is 17.0 Å². The first kappa shape index (κ1) is 28.8. The third-order valence-electron chi connectivity index (χ3n) is 6.84. The Morgan fingerprint density at radius 1 is 0.897 bits per heavy atom. The number of amides is 2. The van der Waals surface area contributed by atoms with E-state index >= 15 is 0 Å². The second-order valence-corrected chi connectivity index (χ2v) is 10.6. The average Bonchev–Trinajstić information content (AvgIpc) is 2.95. The molecule has 0 aliphatic carbocycles. The van der Waals surface area contributed by atoms with E-state index < -0.39 is 6.04 Å². The molecule has 1 N–H and O–H groups in total. The van der Waals surface area contributed by atoms with Crippen molar-refractivity contribution in [2.75, 3.05) is 13.2 Å². The van der Waals surface area contributed by atoms with Crippen molar-refractivity contribution in [2.24, 2.45) is 0 Å². The van der Waals surface area contributed by atoms with Crippen LogP contribution in [-0.2, 0) is 29.0 Å². The van der Waals surface area contributed by atoms with Crippen LogP contribution in [0.5, 0.6) is 11.5 Å². The molecule has 4 rings (SSSR count). The second-order valence-electron chi connectivity index (χ2n) is 9.77. The molecule has 39 heavy (non-hydrogen) atoms. The Hall–Kier alpha value is -3.22. The van der Waals surface area contributed by atoms with Crippen molar-refractivity contribution in [3.8, 4) is 11.5 Å². The van der Waals surface area contributed by atoms with Crippen LogP contribution in [-0.4, -0.2) is 42.0 Å². The minimum atomic E-state index is -0.705. The van der Waals surface area contributed by atoms with Gasteiger partial charge in [-0.15, -0.1) is 0 Å². The monoisotopic (exact) mass is 568 g/mol. The number of benzene rings is 3. The van der Waals surface area contributed by atoms with Crippen LogP contribution in [0.15, 0.2) is 66.7 Å². The number of aryl methyl sites for hydroxylation is 1. The zero-order valence-electron chi connectivity index (χ0n) is 22.3. The smallest absolute Gasteiger partial charge is 0.243 e. The maximum absolute atomic E-state index is 13.9. The van der Waals surface area contributed by atoms with Gasteiger partial charge in [-0.25, -0.2) is 0 Å². The Kier molecular flexibility index (Phi) is 10.1. The van der Waals surface area contributed by atoms with E-state index in [-0.39, 0.29) is 30.8 Å². The van der Waals surface area contributed by atoms with E-state index in [2.05, 4.69) is 5.32 Å². The first-order valence-corrected chi connectivity index (χ1v) is 14.1. The first-order valence-electron chi connectivity index (χ1n) is 13.3. The number of hydrogen-bond donors (Lipinski definition) is 1. The lowest BCUT2D eigenvalue weighted by Gasteiger charge is -2.32. The molecule has 206 valence electrons. The second kappa shape index (κ2) is 13.7. The van der Waals surface area contributed by atoms with Gasteiger partial charge in [-0.05, 0) is 60.7 Å². The summed E-state index contributed by atoms with van der Waals surface area (Å²) < 4.78 is 11.3. The fraction of sp³-hybridized carbons (Fsp3) is 0.355. The van der Waals surface area contributed by atoms with Crippen LogP contribution < -0.4 is 14.8 Å². The molecule has 2 amide bonds. The molecule has 0 saturated carbocycles. The molecule has 0 radical (unpaired) electrons. The molecular weight excluding hydrogens is 535 g/mol. The molecule has 0 bridgehead atoms. The van der Waals surface area contributed by atoms with Gasteiger partial charge >= 0.3 is 0 Å². The van der Waals surface area contributed by atoms with Gasteiger partial charge in [-0.1, -0.05) is 72.6 Å². The first-order chi connectivity index (χ1) is 18.8. The number of hydrogen-bond acceptors (Lipinski definition) is 4. The highest BCUT2D eigenvalue weighted by molar-refractivity contribution is 6.42. The molecule has 6 nitrogen and oxygen atoms in total. The Bertz CT molecular complexity index is 1280. The SMILES string of the molecule is CCC(C)NC(=O)C(Cc1ccccc1)N(Cc1ccc(Cl)c(Cl)c1)C(=O)CCc1ccc2c(c1)OCCO2. The van der Waals surface area contributed by atoms with Crippen molar-refractivity contribution in [1.29, 1.82) is 0 Å². The lowest BCUT2D eigenvalue weighted by Crippen LogP contribution is -2.52. The topological polar surface area (TPSA) is 67.9 Å². The normalized spacial score (nSPS) is 13.8. The highest BCUT2D eigenvalue weighted by Crippen LogP contribution is 2.31. The van der Waals surface area contributed by atoms with Crippen LogP contribution >= 0.6 is 23.2 Å². The molecule has 0 saturated heterocycles. The van der Waals surface area contributed by atoms with Gasteiger partial charge in [0.2, 0.25) is 11.8 Å². The summed E-state index contributed by atoms with van der Waals surface area (Å²) in [5.41, 5.74) is 2.73. The van der Waals surface area contributed by atoms with E-state index in [1.165, 1.54) is 0 Å². The lowest BCUT2D eigenvalue weighted by atomic mass is 10.0. The predicted molar refractivity (Wildman–Crippen MR) is 155 cm³/mol. The highest BCUT2D eigenvalue weighted by Gasteiger charge is 2.31. The Balaban J connectivity index is 1.61. The molecule has 1 heterocycles. The molecule has 2 atom stereocenters. The maximum atomic E-state index is 13.9. The Morgan fingerprint density at radius 2 is 1.62 bits per heavy atom. The summed E-state index contributed by atoms with van der Waals surface area (Å²) in [5, 5.41) is 3.93. The maximum Gasteiger partial charge on any atom is 0.243 e. The third kappa shape index (κ3) is 7.90. The van der Waals surface area contributed by atoms with Gasteiger partial charge in [0.1, 0.15) is 19.3 Å². The number of carbonyl (C=O) groups excluding carboxylic acids is 2. The van der Waals surface area contributed by atoms with Crippen LogP contribution in [0.25, 0.3) is 0 Å². The van der Waals surface area contributed by atoms with Gasteiger partial charge in [-0.2, -0.15) is 0 Å². The van der Waals surface area contributed by atoms with E-state index in [9.17, 15) is 9.59 Å². The molecule has 0 spiro atoms. The van der Waals surface area contributed by atoms with Gasteiger partial charge in [0.25, 0.3) is 0 Å². The number of halogens is 2. The molecule has 1 aliphatic heterocycles. The number of rotatable bonds is 11. The molecule has 1 aliphatic rings. The molecule has 3 aromatic carbocycles. The lowest BCUT2D eigenvalue weighted by molar-refractivity contribution is -0.141. The standard InChI is InChI=1S/C31H34Cl2N2O4/c1-3-21(2)34-31(37)27(18-22-7-5-4-6-8-22)35(20-24-9-12-25(32)26(33)17-24)30(36)14-11-23-10-13-28-29(19-23)39-16-15-38-28/h4-10,12-13,17,19,21,27H,3,11,14-16,18,20H2,1-2H3,(H,34,37). The van der Waals surface area contributed by atoms with E-state index in [1.807, 2.05) is 68.4 Å². The molecule has 3 aromatic rings. The van der Waals surface area contributed by atoms with Crippen LogP contribution in [0.2, 0.25) is 10.0 Å². The van der Waals surface area contributed by atoms with Crippen LogP contribution in [0.4, 0.5) is 0 Å². The largest absolute Gasteiger partial charge is 0.486 e. The van der Waals surface area contributed by atoms with Gasteiger partial charge in [0.05, 0.1) is 10.0 Å². The predicted octanol–water partition coefficient (Wildman–Crippen LogP) is 6.25. The van der Waals surface area contributed by atoms with Crippen molar-refractivity contribution >= 4 is 35.0 Å². The van der Waals surface area contributed by atoms with Crippen molar-refractivity contribution in [3.05, 3.63) is 93.5 Å².